The van der Waals surface area contributed by atoms with Crippen LogP contribution in [0.1, 0.15) is 76.0 Å². The number of rotatable bonds is 11. The van der Waals surface area contributed by atoms with Gasteiger partial charge in [-0.05, 0) is 74.1 Å². The summed E-state index contributed by atoms with van der Waals surface area (Å²) in [4.78, 5) is 0. The predicted molar refractivity (Wildman–Crippen MR) is 105 cm³/mol. The van der Waals surface area contributed by atoms with Crippen molar-refractivity contribution in [2.24, 2.45) is 5.92 Å². The lowest BCUT2D eigenvalue weighted by Crippen LogP contribution is -1.98. The number of benzene rings is 1. The van der Waals surface area contributed by atoms with E-state index in [1.807, 2.05) is 13.0 Å². The van der Waals surface area contributed by atoms with Crippen LogP contribution in [0.25, 0.3) is 0 Å². The van der Waals surface area contributed by atoms with Crippen molar-refractivity contribution < 1.29 is 4.39 Å². The smallest absolute Gasteiger partial charge is 0.127 e. The summed E-state index contributed by atoms with van der Waals surface area (Å²) in [7, 11) is 0. The second kappa shape index (κ2) is 11.2. The highest BCUT2D eigenvalue weighted by atomic mass is 19.1. The Morgan fingerprint density at radius 3 is 2.50 bits per heavy atom. The number of hydrogen-bond donors (Lipinski definition) is 0. The molecule has 0 aliphatic rings. The monoisotopic (exact) mass is 330 g/mol. The molecule has 0 aliphatic carbocycles. The minimum Gasteiger partial charge on any atom is -0.207 e. The van der Waals surface area contributed by atoms with E-state index in [2.05, 4.69) is 39.5 Å². The van der Waals surface area contributed by atoms with E-state index in [-0.39, 0.29) is 5.82 Å². The largest absolute Gasteiger partial charge is 0.207 e. The van der Waals surface area contributed by atoms with Crippen molar-refractivity contribution in [2.45, 2.75) is 79.1 Å². The van der Waals surface area contributed by atoms with E-state index in [1.54, 1.807) is 6.07 Å². The maximum atomic E-state index is 14.1. The molecule has 0 amide bonds. The zero-order valence-corrected chi connectivity index (χ0v) is 16.1. The fourth-order valence-electron chi connectivity index (χ4n) is 3.18. The molecule has 0 aromatic heterocycles. The molecule has 0 fully saturated rings. The number of halogens is 1. The number of hydrogen-bond acceptors (Lipinski definition) is 0. The molecule has 1 aromatic carbocycles. The Hall–Kier alpha value is -1.37. The highest BCUT2D eigenvalue weighted by molar-refractivity contribution is 5.34. The fraction of sp³-hybridized carbons (Fsp3) is 0.565. The Bertz CT molecular complexity index is 539. The third kappa shape index (κ3) is 7.47. The average Bonchev–Trinajstić information content (AvgIpc) is 2.53. The maximum absolute atomic E-state index is 14.1. The Morgan fingerprint density at radius 2 is 1.83 bits per heavy atom. The van der Waals surface area contributed by atoms with Crippen molar-refractivity contribution in [3.63, 3.8) is 0 Å². The van der Waals surface area contributed by atoms with Gasteiger partial charge in [-0.15, -0.1) is 0 Å². The summed E-state index contributed by atoms with van der Waals surface area (Å²) in [5.74, 6) is 0.734. The lowest BCUT2D eigenvalue weighted by Gasteiger charge is -2.10. The molecule has 0 aliphatic heterocycles. The molecule has 1 heteroatoms. The lowest BCUT2D eigenvalue weighted by molar-refractivity contribution is 0.490. The minimum atomic E-state index is -0.0914. The molecule has 1 rings (SSSR count). The predicted octanol–water partition coefficient (Wildman–Crippen LogP) is 7.35. The Balaban J connectivity index is 2.37. The third-order valence-electron chi connectivity index (χ3n) is 4.77. The van der Waals surface area contributed by atoms with E-state index in [0.29, 0.717) is 6.42 Å². The standard InChI is InChI=1S/C23H35F/c1-6-12-18(3)13-10-8-9-11-14-19(4)15-22-17-21(7-2)20(5)16-23(22)24/h8-9,16-18H,4,6-7,10-15H2,1-3,5H3/b9-8+. The fourth-order valence-corrected chi connectivity index (χ4v) is 3.18. The molecule has 1 aromatic rings. The van der Waals surface area contributed by atoms with Crippen LogP contribution in [0.15, 0.2) is 36.4 Å². The average molecular weight is 331 g/mol. The summed E-state index contributed by atoms with van der Waals surface area (Å²) < 4.78 is 14.1. The third-order valence-corrected chi connectivity index (χ3v) is 4.77. The molecule has 0 heterocycles. The van der Waals surface area contributed by atoms with Gasteiger partial charge in [-0.1, -0.05) is 64.0 Å². The summed E-state index contributed by atoms with van der Waals surface area (Å²) >= 11 is 0. The summed E-state index contributed by atoms with van der Waals surface area (Å²) in [5.41, 5.74) is 4.19. The minimum absolute atomic E-state index is 0.0914. The quantitative estimate of drug-likeness (QED) is 0.372. The first-order valence-electron chi connectivity index (χ1n) is 9.57. The lowest BCUT2D eigenvalue weighted by atomic mass is 9.96. The van der Waals surface area contributed by atoms with Crippen LogP contribution in [0.2, 0.25) is 0 Å². The van der Waals surface area contributed by atoms with Crippen LogP contribution < -0.4 is 0 Å². The van der Waals surface area contributed by atoms with Crippen LogP contribution >= 0.6 is 0 Å². The topological polar surface area (TPSA) is 0 Å². The first-order valence-corrected chi connectivity index (χ1v) is 9.57. The molecular weight excluding hydrogens is 295 g/mol. The van der Waals surface area contributed by atoms with Crippen molar-refractivity contribution >= 4 is 0 Å². The first-order chi connectivity index (χ1) is 11.5. The van der Waals surface area contributed by atoms with Gasteiger partial charge in [0.25, 0.3) is 0 Å². The van der Waals surface area contributed by atoms with E-state index in [0.717, 1.165) is 41.9 Å². The summed E-state index contributed by atoms with van der Waals surface area (Å²) in [6.07, 6.45) is 13.1. The maximum Gasteiger partial charge on any atom is 0.127 e. The van der Waals surface area contributed by atoms with Crippen molar-refractivity contribution in [1.29, 1.82) is 0 Å². The highest BCUT2D eigenvalue weighted by Crippen LogP contribution is 2.20. The van der Waals surface area contributed by atoms with Gasteiger partial charge in [-0.25, -0.2) is 4.39 Å². The summed E-state index contributed by atoms with van der Waals surface area (Å²) in [5, 5.41) is 0. The zero-order chi connectivity index (χ0) is 17.9. The van der Waals surface area contributed by atoms with E-state index in [9.17, 15) is 4.39 Å². The number of aryl methyl sites for hydroxylation is 2. The molecule has 0 saturated carbocycles. The number of allylic oxidation sites excluding steroid dienone is 3. The van der Waals surface area contributed by atoms with Crippen LogP contribution in [0.5, 0.6) is 0 Å². The normalized spacial score (nSPS) is 12.7. The van der Waals surface area contributed by atoms with Gasteiger partial charge < -0.3 is 0 Å². The molecule has 0 bridgehead atoms. The van der Waals surface area contributed by atoms with E-state index in [1.165, 1.54) is 31.2 Å². The van der Waals surface area contributed by atoms with Gasteiger partial charge in [0.1, 0.15) is 5.82 Å². The van der Waals surface area contributed by atoms with Crippen molar-refractivity contribution in [3.05, 3.63) is 58.9 Å². The van der Waals surface area contributed by atoms with Gasteiger partial charge in [-0.2, -0.15) is 0 Å². The SMILES string of the molecule is C=C(CC/C=C/CCC(C)CCC)Cc1cc(CC)c(C)cc1F. The van der Waals surface area contributed by atoms with Gasteiger partial charge in [0, 0.05) is 0 Å². The van der Waals surface area contributed by atoms with Crippen LogP contribution in [-0.2, 0) is 12.8 Å². The highest BCUT2D eigenvalue weighted by Gasteiger charge is 2.07. The molecular formula is C23H35F. The van der Waals surface area contributed by atoms with Gasteiger partial charge in [0.05, 0.1) is 0 Å². The van der Waals surface area contributed by atoms with Crippen LogP contribution in [-0.4, -0.2) is 0 Å². The summed E-state index contributed by atoms with van der Waals surface area (Å²) in [6, 6.07) is 3.68. The van der Waals surface area contributed by atoms with E-state index in [4.69, 9.17) is 0 Å². The first kappa shape index (κ1) is 20.7. The Kier molecular flexibility index (Phi) is 9.67. The van der Waals surface area contributed by atoms with Crippen molar-refractivity contribution in [1.82, 2.24) is 0 Å². The molecule has 0 spiro atoms. The molecule has 1 unspecified atom stereocenters. The molecule has 134 valence electrons. The van der Waals surface area contributed by atoms with E-state index < -0.39 is 0 Å². The molecule has 0 radical (unpaired) electrons. The van der Waals surface area contributed by atoms with Crippen molar-refractivity contribution in [3.8, 4) is 0 Å². The second-order valence-corrected chi connectivity index (χ2v) is 7.13. The molecule has 24 heavy (non-hydrogen) atoms. The molecule has 0 nitrogen and oxygen atoms in total. The van der Waals surface area contributed by atoms with Crippen molar-refractivity contribution in [2.75, 3.05) is 0 Å². The van der Waals surface area contributed by atoms with Gasteiger partial charge in [0.15, 0.2) is 0 Å². The van der Waals surface area contributed by atoms with Gasteiger partial charge in [-0.3, -0.25) is 0 Å². The second-order valence-electron chi connectivity index (χ2n) is 7.13. The molecule has 0 saturated heterocycles. The van der Waals surface area contributed by atoms with Gasteiger partial charge >= 0.3 is 0 Å². The molecule has 0 N–H and O–H groups in total. The van der Waals surface area contributed by atoms with Crippen LogP contribution in [0.3, 0.4) is 0 Å². The Labute approximate surface area is 148 Å². The Morgan fingerprint density at radius 1 is 1.12 bits per heavy atom. The van der Waals surface area contributed by atoms with E-state index >= 15 is 0 Å². The van der Waals surface area contributed by atoms with Crippen LogP contribution in [0, 0.1) is 18.7 Å². The zero-order valence-electron chi connectivity index (χ0n) is 16.1. The van der Waals surface area contributed by atoms with Gasteiger partial charge in [0.2, 0.25) is 0 Å². The van der Waals surface area contributed by atoms with Crippen LogP contribution in [0.4, 0.5) is 4.39 Å². The molecule has 1 atom stereocenters. The summed E-state index contributed by atoms with van der Waals surface area (Å²) in [6.45, 7) is 12.8.